The molecule has 0 atom stereocenters. The third kappa shape index (κ3) is 3.22. The number of rotatable bonds is 4. The van der Waals surface area contributed by atoms with Crippen LogP contribution in [0.1, 0.15) is 54.9 Å². The van der Waals surface area contributed by atoms with Crippen LogP contribution in [0.25, 0.3) is 0 Å². The Bertz CT molecular complexity index is 504. The lowest BCUT2D eigenvalue weighted by Crippen LogP contribution is -2.38. The molecule has 3 rings (SSSR count). The third-order valence-corrected chi connectivity index (χ3v) is 4.80. The smallest absolute Gasteiger partial charge is 0.253 e. The first-order valence-corrected chi connectivity index (χ1v) is 8.33. The fourth-order valence-corrected chi connectivity index (χ4v) is 3.42. The molecule has 0 unspecified atom stereocenters. The minimum absolute atomic E-state index is 0.193. The molecule has 1 amide bonds. The van der Waals surface area contributed by atoms with E-state index in [-0.39, 0.29) is 5.91 Å². The molecule has 114 valence electrons. The largest absolute Gasteiger partial charge is 0.493 e. The minimum Gasteiger partial charge on any atom is -0.493 e. The Morgan fingerprint density at radius 3 is 2.90 bits per heavy atom. The van der Waals surface area contributed by atoms with Gasteiger partial charge in [0.25, 0.3) is 5.91 Å². The maximum atomic E-state index is 12.6. The normalized spacial score (nSPS) is 18.4. The van der Waals surface area contributed by atoms with Crippen LogP contribution in [0, 0.1) is 5.92 Å². The van der Waals surface area contributed by atoms with Gasteiger partial charge in [-0.1, -0.05) is 26.2 Å². The highest BCUT2D eigenvalue weighted by Gasteiger charge is 2.24. The molecule has 1 saturated heterocycles. The summed E-state index contributed by atoms with van der Waals surface area (Å²) in [6.45, 7) is 4.83. The van der Waals surface area contributed by atoms with E-state index < -0.39 is 0 Å². The topological polar surface area (TPSA) is 29.5 Å². The van der Waals surface area contributed by atoms with Crippen LogP contribution in [0.4, 0.5) is 0 Å². The van der Waals surface area contributed by atoms with Crippen LogP contribution < -0.4 is 4.74 Å². The zero-order valence-electron chi connectivity index (χ0n) is 12.9. The van der Waals surface area contributed by atoms with Gasteiger partial charge in [0.1, 0.15) is 5.75 Å². The molecule has 1 aromatic rings. The number of hydrogen-bond acceptors (Lipinski definition) is 2. The molecule has 21 heavy (non-hydrogen) atoms. The zero-order chi connectivity index (χ0) is 14.7. The van der Waals surface area contributed by atoms with Crippen LogP contribution >= 0.6 is 0 Å². The maximum Gasteiger partial charge on any atom is 0.253 e. The Labute approximate surface area is 127 Å². The van der Waals surface area contributed by atoms with Crippen molar-refractivity contribution in [2.45, 2.75) is 45.4 Å². The Kier molecular flexibility index (Phi) is 4.47. The van der Waals surface area contributed by atoms with Crippen molar-refractivity contribution in [3.8, 4) is 5.75 Å². The van der Waals surface area contributed by atoms with E-state index in [4.69, 9.17) is 4.74 Å². The molecule has 0 spiro atoms. The number of carbonyl (C=O) groups excluding carboxylic acids is 1. The average Bonchev–Trinajstić information content (AvgIpc) is 3.00. The number of carbonyl (C=O) groups is 1. The lowest BCUT2D eigenvalue weighted by Gasteiger charge is -2.32. The summed E-state index contributed by atoms with van der Waals surface area (Å²) in [6, 6.07) is 5.88. The van der Waals surface area contributed by atoms with Gasteiger partial charge in [-0.2, -0.15) is 0 Å². The summed E-state index contributed by atoms with van der Waals surface area (Å²) >= 11 is 0. The predicted molar refractivity (Wildman–Crippen MR) is 83.8 cm³/mol. The predicted octanol–water partition coefficient (Wildman–Crippen LogP) is 3.66. The summed E-state index contributed by atoms with van der Waals surface area (Å²) in [5.74, 6) is 1.96. The summed E-state index contributed by atoms with van der Waals surface area (Å²) in [6.07, 6.45) is 7.18. The fraction of sp³-hybridized carbons (Fsp3) is 0.611. The number of ether oxygens (including phenoxy) is 1. The third-order valence-electron chi connectivity index (χ3n) is 4.80. The van der Waals surface area contributed by atoms with Crippen LogP contribution in [0.15, 0.2) is 18.2 Å². The molecule has 0 aliphatic carbocycles. The molecule has 3 nitrogen and oxygen atoms in total. The van der Waals surface area contributed by atoms with E-state index in [0.29, 0.717) is 0 Å². The molecule has 2 heterocycles. The molecule has 0 bridgehead atoms. The van der Waals surface area contributed by atoms with Gasteiger partial charge in [0.15, 0.2) is 0 Å². The van der Waals surface area contributed by atoms with Crippen molar-refractivity contribution in [2.24, 2.45) is 5.92 Å². The Hall–Kier alpha value is -1.51. The molecule has 1 fully saturated rings. The summed E-state index contributed by atoms with van der Waals surface area (Å²) < 4.78 is 5.51. The fourth-order valence-electron chi connectivity index (χ4n) is 3.42. The number of nitrogens with zero attached hydrogens (tertiary/aromatic N) is 1. The summed E-state index contributed by atoms with van der Waals surface area (Å²) in [5, 5.41) is 0. The van der Waals surface area contributed by atoms with Crippen LogP contribution in [0.5, 0.6) is 5.75 Å². The lowest BCUT2D eigenvalue weighted by atomic mass is 9.91. The highest BCUT2D eigenvalue weighted by molar-refractivity contribution is 5.94. The van der Waals surface area contributed by atoms with Gasteiger partial charge in [0, 0.05) is 25.1 Å². The molecule has 0 N–H and O–H groups in total. The van der Waals surface area contributed by atoms with Crippen molar-refractivity contribution in [1.29, 1.82) is 0 Å². The van der Waals surface area contributed by atoms with Gasteiger partial charge in [0.05, 0.1) is 6.61 Å². The van der Waals surface area contributed by atoms with Crippen LogP contribution in [-0.2, 0) is 6.42 Å². The van der Waals surface area contributed by atoms with Gasteiger partial charge in [-0.25, -0.2) is 0 Å². The van der Waals surface area contributed by atoms with E-state index >= 15 is 0 Å². The molecule has 2 aliphatic rings. The van der Waals surface area contributed by atoms with E-state index in [1.807, 2.05) is 23.1 Å². The first-order valence-electron chi connectivity index (χ1n) is 8.33. The van der Waals surface area contributed by atoms with Crippen LogP contribution in [0.2, 0.25) is 0 Å². The van der Waals surface area contributed by atoms with E-state index in [1.165, 1.54) is 37.7 Å². The molecule has 0 aromatic heterocycles. The van der Waals surface area contributed by atoms with Gasteiger partial charge in [-0.15, -0.1) is 0 Å². The van der Waals surface area contributed by atoms with Crippen molar-refractivity contribution in [3.63, 3.8) is 0 Å². The van der Waals surface area contributed by atoms with Crippen molar-refractivity contribution in [3.05, 3.63) is 29.3 Å². The monoisotopic (exact) mass is 287 g/mol. The van der Waals surface area contributed by atoms with Crippen molar-refractivity contribution < 1.29 is 9.53 Å². The highest BCUT2D eigenvalue weighted by atomic mass is 16.5. The number of hydrogen-bond donors (Lipinski definition) is 0. The summed E-state index contributed by atoms with van der Waals surface area (Å²) in [4.78, 5) is 14.6. The Morgan fingerprint density at radius 1 is 1.33 bits per heavy atom. The maximum absolute atomic E-state index is 12.6. The van der Waals surface area contributed by atoms with E-state index in [2.05, 4.69) is 6.92 Å². The van der Waals surface area contributed by atoms with Gasteiger partial charge in [-0.05, 0) is 42.5 Å². The molecule has 2 aliphatic heterocycles. The standard InChI is InChI=1S/C18H25NO2/c1-2-3-4-14-7-10-19(11-8-14)18(20)16-5-6-17-15(13-16)9-12-21-17/h5-6,13-14H,2-4,7-12H2,1H3. The van der Waals surface area contributed by atoms with E-state index in [9.17, 15) is 4.79 Å². The van der Waals surface area contributed by atoms with Gasteiger partial charge in [-0.3, -0.25) is 4.79 Å². The van der Waals surface area contributed by atoms with Crippen molar-refractivity contribution >= 4 is 5.91 Å². The molecule has 0 radical (unpaired) electrons. The molecular weight excluding hydrogens is 262 g/mol. The summed E-state index contributed by atoms with van der Waals surface area (Å²) in [7, 11) is 0. The van der Waals surface area contributed by atoms with E-state index in [0.717, 1.165) is 43.3 Å². The lowest BCUT2D eigenvalue weighted by molar-refractivity contribution is 0.0686. The number of fused-ring (bicyclic) bond motifs is 1. The van der Waals surface area contributed by atoms with Crippen LogP contribution in [-0.4, -0.2) is 30.5 Å². The second kappa shape index (κ2) is 6.50. The molecule has 0 saturated carbocycles. The van der Waals surface area contributed by atoms with Crippen molar-refractivity contribution in [2.75, 3.05) is 19.7 Å². The van der Waals surface area contributed by atoms with Gasteiger partial charge < -0.3 is 9.64 Å². The van der Waals surface area contributed by atoms with Crippen molar-refractivity contribution in [1.82, 2.24) is 4.90 Å². The number of piperidine rings is 1. The zero-order valence-corrected chi connectivity index (χ0v) is 12.9. The Balaban J connectivity index is 1.59. The van der Waals surface area contributed by atoms with E-state index in [1.54, 1.807) is 0 Å². The summed E-state index contributed by atoms with van der Waals surface area (Å²) in [5.41, 5.74) is 2.00. The number of likely N-dealkylation sites (tertiary alicyclic amines) is 1. The number of benzene rings is 1. The quantitative estimate of drug-likeness (QED) is 0.845. The average molecular weight is 287 g/mol. The molecular formula is C18H25NO2. The Morgan fingerprint density at radius 2 is 2.14 bits per heavy atom. The van der Waals surface area contributed by atoms with Gasteiger partial charge >= 0.3 is 0 Å². The first-order chi connectivity index (χ1) is 10.3. The number of amides is 1. The first kappa shape index (κ1) is 14.4. The minimum atomic E-state index is 0.193. The second-order valence-corrected chi connectivity index (χ2v) is 6.30. The second-order valence-electron chi connectivity index (χ2n) is 6.30. The SMILES string of the molecule is CCCCC1CCN(C(=O)c2ccc3c(c2)CCO3)CC1. The molecule has 3 heteroatoms. The number of unbranched alkanes of at least 4 members (excludes halogenated alkanes) is 1. The van der Waals surface area contributed by atoms with Crippen LogP contribution in [0.3, 0.4) is 0 Å². The highest BCUT2D eigenvalue weighted by Crippen LogP contribution is 2.28. The van der Waals surface area contributed by atoms with Gasteiger partial charge in [0.2, 0.25) is 0 Å². The molecule has 1 aromatic carbocycles.